The highest BCUT2D eigenvalue weighted by molar-refractivity contribution is 6.10. The average molecular weight is 464 g/mol. The fourth-order valence-electron chi connectivity index (χ4n) is 4.87. The molecule has 0 unspecified atom stereocenters. The number of fused-ring (bicyclic) bond motifs is 1. The third-order valence-corrected chi connectivity index (χ3v) is 6.79. The highest BCUT2D eigenvalue weighted by Crippen LogP contribution is 2.40. The van der Waals surface area contributed by atoms with Crippen molar-refractivity contribution in [2.75, 3.05) is 13.2 Å². The number of hydrogen-bond donors (Lipinski definition) is 3. The summed E-state index contributed by atoms with van der Waals surface area (Å²) in [5, 5.41) is 23.5. The summed E-state index contributed by atoms with van der Waals surface area (Å²) in [6, 6.07) is 10.8. The molecule has 1 saturated carbocycles. The van der Waals surface area contributed by atoms with E-state index in [1.54, 1.807) is 24.3 Å². The third-order valence-electron chi connectivity index (χ3n) is 6.79. The number of pyridine rings is 1. The van der Waals surface area contributed by atoms with Gasteiger partial charge >= 0.3 is 5.97 Å². The molecule has 1 amide bonds. The van der Waals surface area contributed by atoms with Crippen molar-refractivity contribution in [3.8, 4) is 16.9 Å². The molecule has 3 aromatic rings. The Balaban J connectivity index is 1.63. The zero-order chi connectivity index (χ0) is 23.8. The lowest BCUT2D eigenvalue weighted by atomic mass is 9.80. The Kier molecular flexibility index (Phi) is 5.91. The topological polar surface area (TPSA) is 109 Å². The lowest BCUT2D eigenvalue weighted by molar-refractivity contribution is -0.145. The summed E-state index contributed by atoms with van der Waals surface area (Å²) < 4.78 is 19.2. The van der Waals surface area contributed by atoms with Gasteiger partial charge in [-0.15, -0.1) is 0 Å². The summed E-state index contributed by atoms with van der Waals surface area (Å²) in [6.45, 7) is 1.17. The van der Waals surface area contributed by atoms with E-state index in [-0.39, 0.29) is 29.2 Å². The molecule has 34 heavy (non-hydrogen) atoms. The van der Waals surface area contributed by atoms with Gasteiger partial charge in [0, 0.05) is 36.1 Å². The summed E-state index contributed by atoms with van der Waals surface area (Å²) in [4.78, 5) is 29.3. The number of carbonyl (C=O) groups is 2. The van der Waals surface area contributed by atoms with Gasteiger partial charge in [-0.2, -0.15) is 0 Å². The fraction of sp³-hybridized carbons (Fsp3) is 0.346. The van der Waals surface area contributed by atoms with Crippen molar-refractivity contribution < 1.29 is 28.9 Å². The molecular weight excluding hydrogens is 439 g/mol. The number of nitrogens with zero attached hydrogens (tertiary/aromatic N) is 1. The van der Waals surface area contributed by atoms with Gasteiger partial charge < -0.3 is 20.3 Å². The largest absolute Gasteiger partial charge is 0.508 e. The molecule has 1 aromatic heterocycles. The Morgan fingerprint density at radius 3 is 2.41 bits per heavy atom. The first-order valence-electron chi connectivity index (χ1n) is 11.4. The molecule has 5 rings (SSSR count). The van der Waals surface area contributed by atoms with E-state index < -0.39 is 17.8 Å². The molecule has 2 heterocycles. The summed E-state index contributed by atoms with van der Waals surface area (Å²) in [6.07, 6.45) is 2.25. The van der Waals surface area contributed by atoms with Crippen LogP contribution >= 0.6 is 0 Å². The lowest BCUT2D eigenvalue weighted by Crippen LogP contribution is -2.47. The number of carboxylic acid groups (broad SMARTS) is 1. The van der Waals surface area contributed by atoms with E-state index in [9.17, 15) is 19.1 Å². The van der Waals surface area contributed by atoms with Crippen LogP contribution in [0.15, 0.2) is 42.5 Å². The first-order valence-corrected chi connectivity index (χ1v) is 11.4. The first kappa shape index (κ1) is 22.3. The Bertz CT molecular complexity index is 1250. The van der Waals surface area contributed by atoms with Crippen LogP contribution in [0.4, 0.5) is 4.39 Å². The number of carboxylic acids is 1. The number of aromatic hydroxyl groups is 1. The Morgan fingerprint density at radius 2 is 1.74 bits per heavy atom. The summed E-state index contributed by atoms with van der Waals surface area (Å²) >= 11 is 0. The Hall–Kier alpha value is -3.52. The quantitative estimate of drug-likeness (QED) is 0.521. The van der Waals surface area contributed by atoms with Gasteiger partial charge in [0.1, 0.15) is 17.3 Å². The van der Waals surface area contributed by atoms with Crippen molar-refractivity contribution in [1.29, 1.82) is 0 Å². The van der Waals surface area contributed by atoms with Gasteiger partial charge in [0.05, 0.1) is 11.6 Å². The number of ether oxygens (including phenoxy) is 1. The molecule has 2 aliphatic rings. The van der Waals surface area contributed by atoms with Gasteiger partial charge in [0.25, 0.3) is 5.91 Å². The molecule has 3 N–H and O–H groups in total. The number of aromatic nitrogens is 1. The molecule has 0 atom stereocenters. The Labute approximate surface area is 195 Å². The number of carbonyl (C=O) groups excluding carboxylic acids is 1. The van der Waals surface area contributed by atoms with Crippen molar-refractivity contribution >= 4 is 22.6 Å². The number of amides is 1. The van der Waals surface area contributed by atoms with Crippen LogP contribution in [-0.2, 0) is 9.53 Å². The molecule has 0 bridgehead atoms. The molecule has 8 heteroatoms. The summed E-state index contributed by atoms with van der Waals surface area (Å²) in [5.41, 5.74) is 2.53. The van der Waals surface area contributed by atoms with Crippen LogP contribution in [0.1, 0.15) is 47.8 Å². The second-order valence-electron chi connectivity index (χ2n) is 9.02. The summed E-state index contributed by atoms with van der Waals surface area (Å²) in [7, 11) is 0. The minimum Gasteiger partial charge on any atom is -0.508 e. The molecule has 1 aliphatic carbocycles. The molecule has 1 saturated heterocycles. The smallest absolute Gasteiger partial charge is 0.306 e. The SMILES string of the molecule is O=C(NC1CC(C(=O)O)C1)c1nc(C2CCOCC2)c(-c2ccc(F)cc2)c2ccc(O)cc12. The fourth-order valence-corrected chi connectivity index (χ4v) is 4.87. The van der Waals surface area contributed by atoms with Gasteiger partial charge in [-0.25, -0.2) is 9.37 Å². The molecule has 7 nitrogen and oxygen atoms in total. The highest BCUT2D eigenvalue weighted by atomic mass is 19.1. The van der Waals surface area contributed by atoms with E-state index in [1.165, 1.54) is 18.2 Å². The maximum Gasteiger partial charge on any atom is 0.306 e. The molecule has 0 radical (unpaired) electrons. The monoisotopic (exact) mass is 464 g/mol. The second-order valence-corrected chi connectivity index (χ2v) is 9.02. The van der Waals surface area contributed by atoms with Crippen molar-refractivity contribution in [3.63, 3.8) is 0 Å². The van der Waals surface area contributed by atoms with Crippen LogP contribution in [0.2, 0.25) is 0 Å². The molecule has 0 spiro atoms. The summed E-state index contributed by atoms with van der Waals surface area (Å²) in [5.74, 6) is -1.99. The van der Waals surface area contributed by atoms with Crippen LogP contribution in [0.5, 0.6) is 5.75 Å². The minimum atomic E-state index is -0.857. The maximum absolute atomic E-state index is 13.7. The number of aliphatic carboxylic acids is 1. The van der Waals surface area contributed by atoms with Crippen molar-refractivity contribution in [1.82, 2.24) is 10.3 Å². The molecular formula is C26H25FN2O5. The lowest BCUT2D eigenvalue weighted by Gasteiger charge is -2.33. The van der Waals surface area contributed by atoms with Crippen molar-refractivity contribution in [3.05, 3.63) is 59.7 Å². The van der Waals surface area contributed by atoms with Crippen LogP contribution in [-0.4, -0.2) is 46.3 Å². The van der Waals surface area contributed by atoms with Crippen molar-refractivity contribution in [2.45, 2.75) is 37.6 Å². The highest BCUT2D eigenvalue weighted by Gasteiger charge is 2.36. The number of benzene rings is 2. The number of hydrogen-bond acceptors (Lipinski definition) is 5. The van der Waals surface area contributed by atoms with E-state index in [2.05, 4.69) is 5.32 Å². The average Bonchev–Trinajstić information content (AvgIpc) is 2.81. The standard InChI is InChI=1S/C26H25FN2O5/c27-17-3-1-14(2-4-17)22-20-6-5-19(30)13-21(20)24(29-23(22)15-7-9-34-10-8-15)25(31)28-18-11-16(12-18)26(32)33/h1-6,13,15-16,18,30H,7-12H2,(H,28,31)(H,32,33). The van der Waals surface area contributed by atoms with Crippen LogP contribution in [0.3, 0.4) is 0 Å². The van der Waals surface area contributed by atoms with Gasteiger partial charge in [-0.1, -0.05) is 12.1 Å². The zero-order valence-corrected chi connectivity index (χ0v) is 18.5. The molecule has 2 fully saturated rings. The molecule has 176 valence electrons. The van der Waals surface area contributed by atoms with Gasteiger partial charge in [-0.3, -0.25) is 9.59 Å². The van der Waals surface area contributed by atoms with Gasteiger partial charge in [-0.05, 0) is 67.0 Å². The second kappa shape index (κ2) is 9.02. The van der Waals surface area contributed by atoms with E-state index in [1.807, 2.05) is 0 Å². The van der Waals surface area contributed by atoms with E-state index in [4.69, 9.17) is 14.8 Å². The number of phenols is 1. The molecule has 2 aromatic carbocycles. The van der Waals surface area contributed by atoms with E-state index in [0.717, 1.165) is 35.0 Å². The third kappa shape index (κ3) is 4.21. The minimum absolute atomic E-state index is 0.00167. The van der Waals surface area contributed by atoms with Crippen LogP contribution < -0.4 is 5.32 Å². The number of nitrogens with one attached hydrogen (secondary N) is 1. The molecule has 1 aliphatic heterocycles. The van der Waals surface area contributed by atoms with Gasteiger partial charge in [0.2, 0.25) is 0 Å². The van der Waals surface area contributed by atoms with Crippen molar-refractivity contribution in [2.24, 2.45) is 5.92 Å². The van der Waals surface area contributed by atoms with Gasteiger partial charge in [0.15, 0.2) is 0 Å². The first-order chi connectivity index (χ1) is 16.4. The normalized spacial score (nSPS) is 20.6. The number of rotatable bonds is 5. The number of phenolic OH excluding ortho intramolecular Hbond substituents is 1. The predicted octanol–water partition coefficient (Wildman–Crippen LogP) is 4.23. The van der Waals surface area contributed by atoms with E-state index >= 15 is 0 Å². The zero-order valence-electron chi connectivity index (χ0n) is 18.5. The van der Waals surface area contributed by atoms with Crippen LogP contribution in [0.25, 0.3) is 21.9 Å². The van der Waals surface area contributed by atoms with Crippen LogP contribution in [0, 0.1) is 11.7 Å². The van der Waals surface area contributed by atoms with E-state index in [0.29, 0.717) is 31.4 Å². The maximum atomic E-state index is 13.7. The number of halogens is 1. The Morgan fingerprint density at radius 1 is 1.03 bits per heavy atom. The predicted molar refractivity (Wildman–Crippen MR) is 123 cm³/mol.